The molecule has 2 aromatic heterocycles. The fraction of sp³-hybridized carbons (Fsp3) is 0.529. The van der Waals surface area contributed by atoms with Gasteiger partial charge in [0, 0.05) is 30.1 Å². The van der Waals surface area contributed by atoms with E-state index in [1.54, 1.807) is 11.3 Å². The number of H-pyrrole nitrogens is 1. The van der Waals surface area contributed by atoms with Gasteiger partial charge >= 0.3 is 0 Å². The number of nitrogens with zero attached hydrogens (tertiary/aromatic N) is 2. The zero-order valence-electron chi connectivity index (χ0n) is 13.9. The molecular formula is C17H24N4OS. The minimum Gasteiger partial charge on any atom is -0.348 e. The minimum absolute atomic E-state index is 0.0798. The number of piperidine rings is 1. The van der Waals surface area contributed by atoms with E-state index < -0.39 is 0 Å². The summed E-state index contributed by atoms with van der Waals surface area (Å²) in [6.45, 7) is 8.60. The number of aromatic nitrogens is 2. The highest BCUT2D eigenvalue weighted by Gasteiger charge is 2.23. The highest BCUT2D eigenvalue weighted by atomic mass is 32.1. The Hall–Kier alpha value is -1.66. The summed E-state index contributed by atoms with van der Waals surface area (Å²) >= 11 is 1.70. The summed E-state index contributed by atoms with van der Waals surface area (Å²) < 4.78 is 0. The number of aromatic amines is 1. The van der Waals surface area contributed by atoms with Crippen molar-refractivity contribution in [1.82, 2.24) is 20.4 Å². The fourth-order valence-corrected chi connectivity index (χ4v) is 3.80. The molecule has 6 heteroatoms. The van der Waals surface area contributed by atoms with E-state index >= 15 is 0 Å². The highest BCUT2D eigenvalue weighted by molar-refractivity contribution is 7.15. The molecule has 0 aliphatic carbocycles. The molecule has 0 saturated carbocycles. The Balaban J connectivity index is 1.58. The van der Waals surface area contributed by atoms with Crippen molar-refractivity contribution in [2.45, 2.75) is 45.7 Å². The molecule has 3 rings (SSSR count). The summed E-state index contributed by atoms with van der Waals surface area (Å²) in [4.78, 5) is 17.2. The molecule has 1 aliphatic heterocycles. The lowest BCUT2D eigenvalue weighted by Gasteiger charge is -2.34. The molecule has 0 radical (unpaired) electrons. The van der Waals surface area contributed by atoms with Crippen LogP contribution in [0.4, 0.5) is 0 Å². The zero-order valence-corrected chi connectivity index (χ0v) is 14.7. The molecule has 0 spiro atoms. The number of hydrogen-bond donors (Lipinski definition) is 2. The number of carbonyl (C=O) groups is 1. The number of hydrogen-bond acceptors (Lipinski definition) is 4. The van der Waals surface area contributed by atoms with Gasteiger partial charge in [-0.1, -0.05) is 0 Å². The number of thiophene rings is 1. The predicted octanol–water partition coefficient (Wildman–Crippen LogP) is 3.05. The van der Waals surface area contributed by atoms with Gasteiger partial charge in [-0.15, -0.1) is 11.3 Å². The minimum atomic E-state index is -0.0798. The van der Waals surface area contributed by atoms with Crippen molar-refractivity contribution in [2.75, 3.05) is 13.1 Å². The van der Waals surface area contributed by atoms with Gasteiger partial charge in [0.15, 0.2) is 5.69 Å². The Morgan fingerprint density at radius 1 is 1.39 bits per heavy atom. The van der Waals surface area contributed by atoms with Gasteiger partial charge in [-0.25, -0.2) is 0 Å². The molecule has 1 aliphatic rings. The number of amides is 1. The lowest BCUT2D eigenvalue weighted by atomic mass is 10.0. The highest BCUT2D eigenvalue weighted by Crippen LogP contribution is 2.26. The van der Waals surface area contributed by atoms with Gasteiger partial charge < -0.3 is 10.2 Å². The second-order valence-corrected chi connectivity index (χ2v) is 7.74. The standard InChI is InChI=1S/C17H24N4OS/c1-11(2)21-8-6-13(7-9-21)18-17(22)15-10-14(19-20-15)16-5-4-12(3)23-16/h4-5,10-11,13H,6-9H2,1-3H3,(H,18,22)(H,19,20). The van der Waals surface area contributed by atoms with Crippen molar-refractivity contribution in [3.05, 3.63) is 28.8 Å². The predicted molar refractivity (Wildman–Crippen MR) is 93.8 cm³/mol. The van der Waals surface area contributed by atoms with E-state index in [2.05, 4.69) is 53.3 Å². The van der Waals surface area contributed by atoms with Crippen LogP contribution in [0, 0.1) is 6.92 Å². The first kappa shape index (κ1) is 16.2. The molecule has 23 heavy (non-hydrogen) atoms. The molecule has 2 aromatic rings. The van der Waals surface area contributed by atoms with E-state index in [0.29, 0.717) is 11.7 Å². The zero-order chi connectivity index (χ0) is 16.4. The lowest BCUT2D eigenvalue weighted by molar-refractivity contribution is 0.0895. The average molecular weight is 332 g/mol. The maximum absolute atomic E-state index is 12.4. The normalized spacial score (nSPS) is 16.9. The number of likely N-dealkylation sites (tertiary alicyclic amines) is 1. The van der Waals surface area contributed by atoms with Gasteiger partial charge in [0.25, 0.3) is 5.91 Å². The van der Waals surface area contributed by atoms with E-state index in [0.717, 1.165) is 36.5 Å². The third-order valence-electron chi connectivity index (χ3n) is 4.41. The van der Waals surface area contributed by atoms with Crippen molar-refractivity contribution in [3.63, 3.8) is 0 Å². The number of rotatable bonds is 4. The van der Waals surface area contributed by atoms with E-state index in [1.807, 2.05) is 6.07 Å². The maximum atomic E-state index is 12.4. The fourth-order valence-electron chi connectivity index (χ4n) is 2.96. The first-order chi connectivity index (χ1) is 11.0. The smallest absolute Gasteiger partial charge is 0.272 e. The summed E-state index contributed by atoms with van der Waals surface area (Å²) in [5.74, 6) is -0.0798. The molecule has 0 bridgehead atoms. The summed E-state index contributed by atoms with van der Waals surface area (Å²) in [6.07, 6.45) is 2.01. The second-order valence-electron chi connectivity index (χ2n) is 6.45. The van der Waals surface area contributed by atoms with Crippen molar-refractivity contribution >= 4 is 17.2 Å². The monoisotopic (exact) mass is 332 g/mol. The van der Waals surface area contributed by atoms with E-state index in [4.69, 9.17) is 0 Å². The number of aryl methyl sites for hydroxylation is 1. The molecule has 2 N–H and O–H groups in total. The van der Waals surface area contributed by atoms with Crippen LogP contribution in [0.5, 0.6) is 0 Å². The van der Waals surface area contributed by atoms with Crippen LogP contribution in [0.2, 0.25) is 0 Å². The van der Waals surface area contributed by atoms with Crippen LogP contribution in [0.1, 0.15) is 42.1 Å². The lowest BCUT2D eigenvalue weighted by Crippen LogP contribution is -2.46. The summed E-state index contributed by atoms with van der Waals surface area (Å²) in [6, 6.07) is 6.79. The first-order valence-corrected chi connectivity index (χ1v) is 9.01. The molecule has 0 unspecified atom stereocenters. The average Bonchev–Trinajstić information content (AvgIpc) is 3.16. The Morgan fingerprint density at radius 2 is 2.13 bits per heavy atom. The topological polar surface area (TPSA) is 61.0 Å². The first-order valence-electron chi connectivity index (χ1n) is 8.20. The van der Waals surface area contributed by atoms with Crippen molar-refractivity contribution in [3.8, 4) is 10.6 Å². The van der Waals surface area contributed by atoms with E-state index in [9.17, 15) is 4.79 Å². The van der Waals surface area contributed by atoms with Gasteiger partial charge in [0.2, 0.25) is 0 Å². The van der Waals surface area contributed by atoms with Crippen molar-refractivity contribution < 1.29 is 4.79 Å². The van der Waals surface area contributed by atoms with Crippen LogP contribution in [-0.2, 0) is 0 Å². The summed E-state index contributed by atoms with van der Waals surface area (Å²) in [7, 11) is 0. The summed E-state index contributed by atoms with van der Waals surface area (Å²) in [5.41, 5.74) is 1.38. The molecule has 0 atom stereocenters. The van der Waals surface area contributed by atoms with Gasteiger partial charge in [0.1, 0.15) is 0 Å². The Morgan fingerprint density at radius 3 is 2.74 bits per heavy atom. The third kappa shape index (κ3) is 3.82. The van der Waals surface area contributed by atoms with Crippen molar-refractivity contribution in [1.29, 1.82) is 0 Å². The van der Waals surface area contributed by atoms with Crippen LogP contribution in [0.25, 0.3) is 10.6 Å². The molecule has 1 amide bonds. The number of nitrogens with one attached hydrogen (secondary N) is 2. The molecule has 5 nitrogen and oxygen atoms in total. The summed E-state index contributed by atoms with van der Waals surface area (Å²) in [5, 5.41) is 10.3. The molecular weight excluding hydrogens is 308 g/mol. The van der Waals surface area contributed by atoms with E-state index in [1.165, 1.54) is 4.88 Å². The van der Waals surface area contributed by atoms with Gasteiger partial charge in [0.05, 0.1) is 10.6 Å². The van der Waals surface area contributed by atoms with Crippen LogP contribution < -0.4 is 5.32 Å². The SMILES string of the molecule is Cc1ccc(-c2cc(C(=O)NC3CCN(C(C)C)CC3)n[nH]2)s1. The van der Waals surface area contributed by atoms with Gasteiger partial charge in [-0.3, -0.25) is 9.89 Å². The maximum Gasteiger partial charge on any atom is 0.272 e. The quantitative estimate of drug-likeness (QED) is 0.904. The van der Waals surface area contributed by atoms with E-state index in [-0.39, 0.29) is 11.9 Å². The van der Waals surface area contributed by atoms with Crippen LogP contribution in [0.3, 0.4) is 0 Å². The van der Waals surface area contributed by atoms with Crippen LogP contribution >= 0.6 is 11.3 Å². The number of carbonyl (C=O) groups excluding carboxylic acids is 1. The third-order valence-corrected chi connectivity index (χ3v) is 5.45. The Bertz CT molecular complexity index is 668. The Kier molecular flexibility index (Phi) is 4.82. The van der Waals surface area contributed by atoms with Gasteiger partial charge in [-0.05, 0) is 51.8 Å². The molecule has 124 valence electrons. The Labute approximate surface area is 141 Å². The van der Waals surface area contributed by atoms with Crippen molar-refractivity contribution in [2.24, 2.45) is 0 Å². The van der Waals surface area contributed by atoms with Crippen LogP contribution in [-0.4, -0.2) is 46.2 Å². The van der Waals surface area contributed by atoms with Crippen LogP contribution in [0.15, 0.2) is 18.2 Å². The largest absolute Gasteiger partial charge is 0.348 e. The molecule has 0 aromatic carbocycles. The van der Waals surface area contributed by atoms with Gasteiger partial charge in [-0.2, -0.15) is 5.10 Å². The second kappa shape index (κ2) is 6.84. The molecule has 1 saturated heterocycles. The molecule has 1 fully saturated rings. The molecule has 3 heterocycles.